The van der Waals surface area contributed by atoms with E-state index in [4.69, 9.17) is 14.2 Å². The second kappa shape index (κ2) is 51.8. The number of hydrogen-bond acceptors (Lipinski definition) is 6. The lowest BCUT2D eigenvalue weighted by atomic mass is 10.0. The average molecular weight is 875 g/mol. The predicted molar refractivity (Wildman–Crippen MR) is 266 cm³/mol. The van der Waals surface area contributed by atoms with Crippen molar-refractivity contribution < 1.29 is 28.6 Å². The van der Waals surface area contributed by atoms with E-state index in [9.17, 15) is 14.4 Å². The van der Waals surface area contributed by atoms with Crippen LogP contribution in [-0.2, 0) is 28.6 Å². The molecule has 0 aliphatic heterocycles. The van der Waals surface area contributed by atoms with Gasteiger partial charge in [0, 0.05) is 19.3 Å². The first-order valence-electron chi connectivity index (χ1n) is 27.7. The molecule has 0 saturated carbocycles. The highest BCUT2D eigenvalue weighted by atomic mass is 16.6. The summed E-state index contributed by atoms with van der Waals surface area (Å²) >= 11 is 0. The molecule has 0 spiro atoms. The molecule has 0 aliphatic carbocycles. The molecule has 1 atom stereocenters. The first-order chi connectivity index (χ1) is 30.5. The van der Waals surface area contributed by atoms with E-state index in [1.807, 2.05) is 0 Å². The van der Waals surface area contributed by atoms with E-state index in [0.29, 0.717) is 19.3 Å². The Hall–Kier alpha value is -1.85. The third-order valence-corrected chi connectivity index (χ3v) is 12.5. The van der Waals surface area contributed by atoms with Crippen LogP contribution in [0.3, 0.4) is 0 Å². The van der Waals surface area contributed by atoms with Gasteiger partial charge in [-0.3, -0.25) is 14.4 Å². The van der Waals surface area contributed by atoms with Gasteiger partial charge in [-0.1, -0.05) is 258 Å². The summed E-state index contributed by atoms with van der Waals surface area (Å²) in [5.41, 5.74) is 0. The van der Waals surface area contributed by atoms with Crippen molar-refractivity contribution >= 4 is 17.9 Å². The molecule has 6 heteroatoms. The zero-order valence-corrected chi connectivity index (χ0v) is 41.9. The fourth-order valence-corrected chi connectivity index (χ4v) is 8.32. The minimum absolute atomic E-state index is 0.0655. The molecule has 0 radical (unpaired) electrons. The van der Waals surface area contributed by atoms with Gasteiger partial charge < -0.3 is 14.2 Å². The Kier molecular flexibility index (Phi) is 50.2. The van der Waals surface area contributed by atoms with Crippen LogP contribution in [0.2, 0.25) is 0 Å². The molecule has 0 aliphatic rings. The van der Waals surface area contributed by atoms with Gasteiger partial charge in [0.25, 0.3) is 0 Å². The number of allylic oxidation sites excluding steroid dienone is 2. The van der Waals surface area contributed by atoms with Crippen molar-refractivity contribution in [1.29, 1.82) is 0 Å². The highest BCUT2D eigenvalue weighted by molar-refractivity contribution is 5.71. The minimum Gasteiger partial charge on any atom is -0.462 e. The van der Waals surface area contributed by atoms with E-state index >= 15 is 0 Å². The maximum atomic E-state index is 12.8. The SMILES string of the molecule is CCCCCCCC/C=C\CCCCCCCCCC(=O)OC[C@@H](COC(=O)CCCCCCCCCCCCCCC)OC(=O)CCCCCCCCCCCCCCCC. The molecule has 0 saturated heterocycles. The lowest BCUT2D eigenvalue weighted by Crippen LogP contribution is -2.30. The van der Waals surface area contributed by atoms with Gasteiger partial charge in [0.2, 0.25) is 0 Å². The molecule has 366 valence electrons. The van der Waals surface area contributed by atoms with Crippen molar-refractivity contribution in [3.63, 3.8) is 0 Å². The number of rotatable bonds is 51. The molecule has 6 nitrogen and oxygen atoms in total. The number of esters is 3. The molecule has 0 rings (SSSR count). The van der Waals surface area contributed by atoms with Crippen LogP contribution in [0, 0.1) is 0 Å². The molecule has 0 bridgehead atoms. The van der Waals surface area contributed by atoms with Crippen LogP contribution >= 0.6 is 0 Å². The van der Waals surface area contributed by atoms with Crippen LogP contribution in [0.1, 0.15) is 310 Å². The van der Waals surface area contributed by atoms with Gasteiger partial charge in [-0.15, -0.1) is 0 Å². The topological polar surface area (TPSA) is 78.9 Å². The molecule has 0 N–H and O–H groups in total. The lowest BCUT2D eigenvalue weighted by Gasteiger charge is -2.18. The second-order valence-electron chi connectivity index (χ2n) is 18.9. The summed E-state index contributed by atoms with van der Waals surface area (Å²) < 4.78 is 16.8. The zero-order valence-electron chi connectivity index (χ0n) is 41.9. The van der Waals surface area contributed by atoms with E-state index in [0.717, 1.165) is 57.8 Å². The maximum absolute atomic E-state index is 12.8. The van der Waals surface area contributed by atoms with E-state index in [-0.39, 0.29) is 31.1 Å². The predicted octanol–water partition coefficient (Wildman–Crippen LogP) is 18.2. The van der Waals surface area contributed by atoms with E-state index in [2.05, 4.69) is 32.9 Å². The Labute approximate surface area is 386 Å². The third kappa shape index (κ3) is 49.2. The minimum atomic E-state index is -0.765. The number of carbonyl (C=O) groups excluding carboxylic acids is 3. The van der Waals surface area contributed by atoms with E-state index < -0.39 is 6.10 Å². The Morgan fingerprint density at radius 2 is 0.532 bits per heavy atom. The molecular formula is C56H106O6. The molecule has 0 fully saturated rings. The number of ether oxygens (including phenoxy) is 3. The summed E-state index contributed by atoms with van der Waals surface area (Å²) in [6.07, 6.45) is 57.6. The van der Waals surface area contributed by atoms with Crippen molar-refractivity contribution in [2.45, 2.75) is 316 Å². The van der Waals surface area contributed by atoms with Gasteiger partial charge in [-0.25, -0.2) is 0 Å². The van der Waals surface area contributed by atoms with Crippen molar-refractivity contribution in [2.75, 3.05) is 13.2 Å². The molecule has 0 aromatic carbocycles. The third-order valence-electron chi connectivity index (χ3n) is 12.5. The number of hydrogen-bond donors (Lipinski definition) is 0. The summed E-state index contributed by atoms with van der Waals surface area (Å²) in [6.45, 7) is 6.68. The summed E-state index contributed by atoms with van der Waals surface area (Å²) in [7, 11) is 0. The summed E-state index contributed by atoms with van der Waals surface area (Å²) in [5.74, 6) is -0.849. The molecule has 0 unspecified atom stereocenters. The van der Waals surface area contributed by atoms with Gasteiger partial charge >= 0.3 is 17.9 Å². The van der Waals surface area contributed by atoms with Gasteiger partial charge in [-0.2, -0.15) is 0 Å². The van der Waals surface area contributed by atoms with Crippen molar-refractivity contribution in [2.24, 2.45) is 0 Å². The normalized spacial score (nSPS) is 12.0. The van der Waals surface area contributed by atoms with E-state index in [1.54, 1.807) is 0 Å². The van der Waals surface area contributed by atoms with Crippen LogP contribution in [0.15, 0.2) is 12.2 Å². The molecule has 0 heterocycles. The lowest BCUT2D eigenvalue weighted by molar-refractivity contribution is -0.167. The molecule has 0 amide bonds. The van der Waals surface area contributed by atoms with Crippen LogP contribution in [0.4, 0.5) is 0 Å². The highest BCUT2D eigenvalue weighted by Crippen LogP contribution is 2.17. The monoisotopic (exact) mass is 875 g/mol. The van der Waals surface area contributed by atoms with E-state index in [1.165, 1.54) is 212 Å². The Balaban J connectivity index is 4.31. The molecule has 0 aromatic heterocycles. The number of unbranched alkanes of at least 4 members (excludes halogenated alkanes) is 38. The van der Waals surface area contributed by atoms with Crippen molar-refractivity contribution in [1.82, 2.24) is 0 Å². The average Bonchev–Trinajstić information content (AvgIpc) is 3.27. The largest absolute Gasteiger partial charge is 0.462 e. The second-order valence-corrected chi connectivity index (χ2v) is 18.9. The summed E-state index contributed by atoms with van der Waals surface area (Å²) in [5, 5.41) is 0. The quantitative estimate of drug-likeness (QED) is 0.0262. The fraction of sp³-hybridized carbons (Fsp3) is 0.911. The Morgan fingerprint density at radius 1 is 0.306 bits per heavy atom. The first-order valence-corrected chi connectivity index (χ1v) is 27.7. The van der Waals surface area contributed by atoms with Gasteiger partial charge in [-0.05, 0) is 44.9 Å². The Bertz CT molecular complexity index is 962. The summed E-state index contributed by atoms with van der Waals surface area (Å²) in [6, 6.07) is 0. The van der Waals surface area contributed by atoms with Gasteiger partial charge in [0.05, 0.1) is 0 Å². The molecule has 0 aromatic rings. The smallest absolute Gasteiger partial charge is 0.306 e. The standard InChI is InChI=1S/C56H106O6/c1-4-7-10-13-16-19-22-25-27-28-29-32-34-37-40-43-46-49-55(58)61-52-53(51-60-54(57)48-45-42-39-36-33-30-24-21-18-15-12-9-6-3)62-56(59)50-47-44-41-38-35-31-26-23-20-17-14-11-8-5-2/h25,27,53H,4-24,26,28-52H2,1-3H3/b27-25-/t53-/m1/s1. The zero-order chi connectivity index (χ0) is 45.1. The van der Waals surface area contributed by atoms with Gasteiger partial charge in [0.1, 0.15) is 13.2 Å². The molecular weight excluding hydrogens is 769 g/mol. The molecule has 62 heavy (non-hydrogen) atoms. The van der Waals surface area contributed by atoms with Crippen LogP contribution in [0.25, 0.3) is 0 Å². The van der Waals surface area contributed by atoms with Crippen LogP contribution in [0.5, 0.6) is 0 Å². The van der Waals surface area contributed by atoms with Crippen molar-refractivity contribution in [3.8, 4) is 0 Å². The fourth-order valence-electron chi connectivity index (χ4n) is 8.32. The van der Waals surface area contributed by atoms with Crippen LogP contribution in [-0.4, -0.2) is 37.2 Å². The highest BCUT2D eigenvalue weighted by Gasteiger charge is 2.19. The van der Waals surface area contributed by atoms with Crippen molar-refractivity contribution in [3.05, 3.63) is 12.2 Å². The van der Waals surface area contributed by atoms with Crippen LogP contribution < -0.4 is 0 Å². The maximum Gasteiger partial charge on any atom is 0.306 e. The summed E-state index contributed by atoms with van der Waals surface area (Å²) in [4.78, 5) is 38.0. The first kappa shape index (κ1) is 60.2. The van der Waals surface area contributed by atoms with Gasteiger partial charge in [0.15, 0.2) is 6.10 Å². The Morgan fingerprint density at radius 3 is 0.806 bits per heavy atom. The number of carbonyl (C=O) groups is 3.